The van der Waals surface area contributed by atoms with E-state index in [1.165, 1.54) is 11.1 Å². The van der Waals surface area contributed by atoms with Gasteiger partial charge in [0.1, 0.15) is 7.85 Å². The van der Waals surface area contributed by atoms with E-state index in [1.807, 2.05) is 19.9 Å². The molecule has 0 unspecified atom stereocenters. The summed E-state index contributed by atoms with van der Waals surface area (Å²) in [5.74, 6) is 0. The van der Waals surface area contributed by atoms with Crippen molar-refractivity contribution in [2.45, 2.75) is 27.2 Å². The molecule has 0 aliphatic carbocycles. The predicted octanol–water partition coefficient (Wildman–Crippen LogP) is 2.84. The molecule has 16 heavy (non-hydrogen) atoms. The van der Waals surface area contributed by atoms with Crippen molar-refractivity contribution in [2.75, 3.05) is 0 Å². The maximum atomic E-state index is 6.02. The summed E-state index contributed by atoms with van der Waals surface area (Å²) in [7, 11) is 5.62. The predicted molar refractivity (Wildman–Crippen MR) is 71.3 cm³/mol. The van der Waals surface area contributed by atoms with Crippen LogP contribution in [-0.4, -0.2) is 7.85 Å². The second kappa shape index (κ2) is 5.59. The molecule has 0 atom stereocenters. The monoisotopic (exact) mass is 211 g/mol. The van der Waals surface area contributed by atoms with Crippen molar-refractivity contribution in [3.63, 3.8) is 0 Å². The highest BCUT2D eigenvalue weighted by molar-refractivity contribution is 6.21. The number of allylic oxidation sites excluding steroid dienone is 4. The number of rotatable bonds is 3. The zero-order valence-electron chi connectivity index (χ0n) is 10.2. The van der Waals surface area contributed by atoms with E-state index >= 15 is 0 Å². The second-order valence-corrected chi connectivity index (χ2v) is 4.26. The topological polar surface area (TPSA) is 26.0 Å². The summed E-state index contributed by atoms with van der Waals surface area (Å²) in [5, 5.41) is 0. The van der Waals surface area contributed by atoms with Gasteiger partial charge < -0.3 is 5.73 Å². The lowest BCUT2D eigenvalue weighted by molar-refractivity contribution is 1.07. The molecule has 1 aromatic carbocycles. The van der Waals surface area contributed by atoms with Crippen LogP contribution in [0.25, 0.3) is 0 Å². The molecule has 0 amide bonds. The van der Waals surface area contributed by atoms with E-state index in [0.717, 1.165) is 23.2 Å². The maximum Gasteiger partial charge on any atom is 0.107 e. The van der Waals surface area contributed by atoms with E-state index in [0.29, 0.717) is 0 Å². The minimum atomic E-state index is 0.774. The number of hydrogen-bond acceptors (Lipinski definition) is 1. The van der Waals surface area contributed by atoms with Crippen LogP contribution in [0.1, 0.15) is 25.0 Å². The van der Waals surface area contributed by atoms with Gasteiger partial charge in [0.15, 0.2) is 0 Å². The summed E-state index contributed by atoms with van der Waals surface area (Å²) < 4.78 is 0. The van der Waals surface area contributed by atoms with Gasteiger partial charge in [-0.3, -0.25) is 0 Å². The number of benzene rings is 1. The standard InChI is InChI=1S/C14H18BN/c1-10-4-6-13(7-5-10)9-14(16)11(2)8-12(3)15/h4-8H,9,16H2,1-3H3/b12-8+,14-11-. The van der Waals surface area contributed by atoms with Gasteiger partial charge in [-0.25, -0.2) is 0 Å². The average molecular weight is 211 g/mol. The quantitative estimate of drug-likeness (QED) is 0.603. The number of hydrogen-bond donors (Lipinski definition) is 1. The summed E-state index contributed by atoms with van der Waals surface area (Å²) in [6.07, 6.45) is 2.68. The van der Waals surface area contributed by atoms with Gasteiger partial charge in [0, 0.05) is 12.1 Å². The third-order valence-electron chi connectivity index (χ3n) is 2.47. The lowest BCUT2D eigenvalue weighted by atomic mass is 9.94. The summed E-state index contributed by atoms with van der Waals surface area (Å²) in [6, 6.07) is 8.41. The normalized spacial score (nSPS) is 13.6. The second-order valence-electron chi connectivity index (χ2n) is 4.26. The molecule has 82 valence electrons. The Morgan fingerprint density at radius 2 is 1.81 bits per heavy atom. The van der Waals surface area contributed by atoms with Crippen LogP contribution in [-0.2, 0) is 6.42 Å². The van der Waals surface area contributed by atoms with Crippen molar-refractivity contribution in [2.24, 2.45) is 5.73 Å². The Morgan fingerprint density at radius 3 is 2.31 bits per heavy atom. The fraction of sp³-hybridized carbons (Fsp3) is 0.286. The molecule has 2 radical (unpaired) electrons. The van der Waals surface area contributed by atoms with E-state index in [-0.39, 0.29) is 0 Å². The van der Waals surface area contributed by atoms with Gasteiger partial charge in [0.25, 0.3) is 0 Å². The van der Waals surface area contributed by atoms with E-state index in [9.17, 15) is 0 Å². The van der Waals surface area contributed by atoms with Gasteiger partial charge in [0.05, 0.1) is 0 Å². The van der Waals surface area contributed by atoms with Crippen molar-refractivity contribution in [3.8, 4) is 0 Å². The van der Waals surface area contributed by atoms with Crippen LogP contribution >= 0.6 is 0 Å². The molecule has 0 bridgehead atoms. The van der Waals surface area contributed by atoms with Crippen molar-refractivity contribution in [3.05, 3.63) is 58.2 Å². The molecule has 0 aliphatic rings. The Bertz CT molecular complexity index is 409. The Hall–Kier alpha value is -1.44. The van der Waals surface area contributed by atoms with Crippen LogP contribution in [0.15, 0.2) is 47.1 Å². The van der Waals surface area contributed by atoms with Gasteiger partial charge in [-0.2, -0.15) is 0 Å². The molecule has 0 aliphatic heterocycles. The smallest absolute Gasteiger partial charge is 0.107 e. The Balaban J connectivity index is 2.81. The number of aryl methyl sites for hydroxylation is 1. The first-order chi connectivity index (χ1) is 7.49. The molecule has 1 rings (SSSR count). The Kier molecular flexibility index (Phi) is 4.42. The minimum absolute atomic E-state index is 0.774. The molecule has 1 nitrogen and oxygen atoms in total. The highest BCUT2D eigenvalue weighted by Crippen LogP contribution is 2.11. The van der Waals surface area contributed by atoms with Crippen LogP contribution < -0.4 is 5.73 Å². The summed E-state index contributed by atoms with van der Waals surface area (Å²) >= 11 is 0. The van der Waals surface area contributed by atoms with E-state index < -0.39 is 0 Å². The highest BCUT2D eigenvalue weighted by atomic mass is 14.6. The van der Waals surface area contributed by atoms with E-state index in [4.69, 9.17) is 13.6 Å². The van der Waals surface area contributed by atoms with Crippen LogP contribution in [0.3, 0.4) is 0 Å². The van der Waals surface area contributed by atoms with Crippen LogP contribution in [0.2, 0.25) is 0 Å². The van der Waals surface area contributed by atoms with Gasteiger partial charge in [-0.1, -0.05) is 42.8 Å². The summed E-state index contributed by atoms with van der Waals surface area (Å²) in [5.41, 5.74) is 11.2. The van der Waals surface area contributed by atoms with Crippen molar-refractivity contribution < 1.29 is 0 Å². The maximum absolute atomic E-state index is 6.02. The number of nitrogens with two attached hydrogens (primary N) is 1. The first-order valence-electron chi connectivity index (χ1n) is 5.43. The molecule has 0 fully saturated rings. The molecule has 1 aromatic rings. The molecule has 0 aromatic heterocycles. The largest absolute Gasteiger partial charge is 0.402 e. The first-order valence-corrected chi connectivity index (χ1v) is 5.43. The third kappa shape index (κ3) is 3.97. The fourth-order valence-corrected chi connectivity index (χ4v) is 1.50. The van der Waals surface area contributed by atoms with Gasteiger partial charge in [-0.15, -0.1) is 5.47 Å². The average Bonchev–Trinajstić information content (AvgIpc) is 2.20. The molecule has 2 N–H and O–H groups in total. The van der Waals surface area contributed by atoms with Gasteiger partial charge >= 0.3 is 0 Å². The molecule has 0 saturated heterocycles. The van der Waals surface area contributed by atoms with Crippen LogP contribution in [0, 0.1) is 6.92 Å². The minimum Gasteiger partial charge on any atom is -0.402 e. The Morgan fingerprint density at radius 1 is 1.25 bits per heavy atom. The Labute approximate surface area is 99.5 Å². The molecule has 0 spiro atoms. The van der Waals surface area contributed by atoms with Gasteiger partial charge in [-0.05, 0) is 25.0 Å². The molecule has 0 saturated carbocycles. The SMILES string of the molecule is [B]/C(C)=C/C(C)=C(\N)Cc1ccc(C)cc1. The van der Waals surface area contributed by atoms with Crippen molar-refractivity contribution >= 4 is 7.85 Å². The molecule has 0 heterocycles. The summed E-state index contributed by atoms with van der Waals surface area (Å²) in [4.78, 5) is 0. The molecular weight excluding hydrogens is 193 g/mol. The lowest BCUT2D eigenvalue weighted by Gasteiger charge is -2.06. The lowest BCUT2D eigenvalue weighted by Crippen LogP contribution is -2.04. The van der Waals surface area contributed by atoms with Crippen molar-refractivity contribution in [1.29, 1.82) is 0 Å². The zero-order valence-corrected chi connectivity index (χ0v) is 10.2. The first kappa shape index (κ1) is 12.6. The molecule has 2 heteroatoms. The van der Waals surface area contributed by atoms with Crippen LogP contribution in [0.4, 0.5) is 0 Å². The fourth-order valence-electron chi connectivity index (χ4n) is 1.50. The van der Waals surface area contributed by atoms with Gasteiger partial charge in [0.2, 0.25) is 0 Å². The zero-order chi connectivity index (χ0) is 12.1. The van der Waals surface area contributed by atoms with E-state index in [2.05, 4.69) is 31.2 Å². The highest BCUT2D eigenvalue weighted by Gasteiger charge is 1.98. The van der Waals surface area contributed by atoms with Crippen LogP contribution in [0.5, 0.6) is 0 Å². The molecular formula is C14H18BN. The van der Waals surface area contributed by atoms with Crippen molar-refractivity contribution in [1.82, 2.24) is 0 Å². The third-order valence-corrected chi connectivity index (χ3v) is 2.47. The van der Waals surface area contributed by atoms with E-state index in [1.54, 1.807) is 0 Å². The summed E-state index contributed by atoms with van der Waals surface area (Å²) in [6.45, 7) is 5.93.